The van der Waals surface area contributed by atoms with Crippen molar-refractivity contribution in [2.24, 2.45) is 0 Å². The van der Waals surface area contributed by atoms with Crippen LogP contribution in [0.5, 0.6) is 11.5 Å². The number of carbonyl (C=O) groups is 2. The van der Waals surface area contributed by atoms with E-state index in [0.717, 1.165) is 9.87 Å². The zero-order valence-electron chi connectivity index (χ0n) is 24.0. The molecule has 1 aliphatic heterocycles. The number of nitrogens with zero attached hydrogens (tertiary/aromatic N) is 2. The highest BCUT2D eigenvalue weighted by atomic mass is 35.5. The van der Waals surface area contributed by atoms with Crippen LogP contribution >= 0.6 is 11.6 Å². The maximum atomic E-state index is 14.3. The van der Waals surface area contributed by atoms with Crippen LogP contribution in [0.15, 0.2) is 72.8 Å². The molecule has 2 amide bonds. The lowest BCUT2D eigenvalue weighted by Crippen LogP contribution is -2.54. The summed E-state index contributed by atoms with van der Waals surface area (Å²) in [5.41, 5.74) is 1.83. The molecule has 224 valence electrons. The second kappa shape index (κ2) is 13.9. The number of ether oxygens (including phenoxy) is 2. The maximum Gasteiger partial charge on any atom is 0.244 e. The fourth-order valence-corrected chi connectivity index (χ4v) is 5.85. The molecular formula is C31H36ClN3O6S. The largest absolute Gasteiger partial charge is 0.454 e. The van der Waals surface area contributed by atoms with Crippen molar-refractivity contribution >= 4 is 39.1 Å². The molecule has 1 heterocycles. The molecule has 3 aromatic rings. The number of sulfonamides is 1. The molecule has 0 bridgehead atoms. The van der Waals surface area contributed by atoms with Gasteiger partial charge in [-0.2, -0.15) is 0 Å². The van der Waals surface area contributed by atoms with E-state index in [1.165, 1.54) is 11.8 Å². The minimum atomic E-state index is -3.90. The van der Waals surface area contributed by atoms with E-state index >= 15 is 0 Å². The van der Waals surface area contributed by atoms with Crippen molar-refractivity contribution in [1.82, 2.24) is 10.2 Å². The topological polar surface area (TPSA) is 105 Å². The van der Waals surface area contributed by atoms with Crippen LogP contribution in [0, 0.1) is 0 Å². The SMILES string of the molecule is CC[C@H](C)NC(=O)[C@H](Cc1ccccc1)N(Cc1cccc(Cl)c1)C(=O)CN(c1ccc2c(c1)OCO2)S(=O)(=O)CC. The first-order chi connectivity index (χ1) is 20.1. The van der Waals surface area contributed by atoms with Crippen molar-refractivity contribution < 1.29 is 27.5 Å². The van der Waals surface area contributed by atoms with Gasteiger partial charge in [-0.25, -0.2) is 8.42 Å². The fraction of sp³-hybridized carbons (Fsp3) is 0.355. The van der Waals surface area contributed by atoms with Gasteiger partial charge in [0.15, 0.2) is 11.5 Å². The molecule has 1 aliphatic rings. The first-order valence-electron chi connectivity index (χ1n) is 13.9. The summed E-state index contributed by atoms with van der Waals surface area (Å²) in [7, 11) is -3.90. The number of rotatable bonds is 13. The number of carbonyl (C=O) groups excluding carboxylic acids is 2. The Hall–Kier alpha value is -3.76. The van der Waals surface area contributed by atoms with Gasteiger partial charge in [0.1, 0.15) is 12.6 Å². The number of amides is 2. The molecule has 0 fully saturated rings. The first kappa shape index (κ1) is 31.2. The Balaban J connectivity index is 1.75. The zero-order chi connectivity index (χ0) is 30.3. The minimum absolute atomic E-state index is 0.0259. The van der Waals surface area contributed by atoms with Gasteiger partial charge in [0.05, 0.1) is 11.4 Å². The molecule has 3 aromatic carbocycles. The van der Waals surface area contributed by atoms with Crippen LogP contribution in [0.2, 0.25) is 5.02 Å². The van der Waals surface area contributed by atoms with Gasteiger partial charge in [0.2, 0.25) is 28.6 Å². The summed E-state index contributed by atoms with van der Waals surface area (Å²) < 4.78 is 38.5. The molecule has 9 nitrogen and oxygen atoms in total. The van der Waals surface area contributed by atoms with Crippen LogP contribution in [-0.2, 0) is 32.6 Å². The summed E-state index contributed by atoms with van der Waals surface area (Å²) >= 11 is 6.26. The van der Waals surface area contributed by atoms with Gasteiger partial charge >= 0.3 is 0 Å². The van der Waals surface area contributed by atoms with Gasteiger partial charge in [-0.05, 0) is 55.7 Å². The third-order valence-electron chi connectivity index (χ3n) is 7.14. The number of benzene rings is 3. The monoisotopic (exact) mass is 613 g/mol. The zero-order valence-corrected chi connectivity index (χ0v) is 25.5. The molecule has 0 aliphatic carbocycles. The lowest BCUT2D eigenvalue weighted by molar-refractivity contribution is -0.140. The Morgan fingerprint density at radius 3 is 2.36 bits per heavy atom. The predicted octanol–water partition coefficient (Wildman–Crippen LogP) is 4.78. The molecule has 0 aromatic heterocycles. The van der Waals surface area contributed by atoms with Gasteiger partial charge in [0.25, 0.3) is 0 Å². The average molecular weight is 614 g/mol. The van der Waals surface area contributed by atoms with Gasteiger partial charge in [-0.15, -0.1) is 0 Å². The molecule has 1 N–H and O–H groups in total. The van der Waals surface area contributed by atoms with Crippen molar-refractivity contribution in [3.8, 4) is 11.5 Å². The lowest BCUT2D eigenvalue weighted by atomic mass is 10.0. The Morgan fingerprint density at radius 2 is 1.67 bits per heavy atom. The molecule has 11 heteroatoms. The smallest absolute Gasteiger partial charge is 0.244 e. The second-order valence-corrected chi connectivity index (χ2v) is 12.7. The van der Waals surface area contributed by atoms with Crippen molar-refractivity contribution in [1.29, 1.82) is 0 Å². The highest BCUT2D eigenvalue weighted by Crippen LogP contribution is 2.36. The summed E-state index contributed by atoms with van der Waals surface area (Å²) in [6.07, 6.45) is 0.943. The van der Waals surface area contributed by atoms with E-state index in [9.17, 15) is 18.0 Å². The maximum absolute atomic E-state index is 14.3. The highest BCUT2D eigenvalue weighted by Gasteiger charge is 2.34. The van der Waals surface area contributed by atoms with E-state index in [1.807, 2.05) is 50.2 Å². The fourth-order valence-electron chi connectivity index (χ4n) is 4.59. The van der Waals surface area contributed by atoms with Crippen molar-refractivity contribution in [3.05, 3.63) is 88.9 Å². The lowest BCUT2D eigenvalue weighted by Gasteiger charge is -2.34. The first-order valence-corrected chi connectivity index (χ1v) is 15.9. The molecular weight excluding hydrogens is 578 g/mol. The van der Waals surface area contributed by atoms with Crippen LogP contribution < -0.4 is 19.1 Å². The van der Waals surface area contributed by atoms with Gasteiger partial charge in [-0.3, -0.25) is 13.9 Å². The Morgan fingerprint density at radius 1 is 0.952 bits per heavy atom. The number of hydrogen-bond donors (Lipinski definition) is 1. The van der Waals surface area contributed by atoms with Crippen LogP contribution in [0.3, 0.4) is 0 Å². The van der Waals surface area contributed by atoms with Gasteiger partial charge in [0, 0.05) is 30.1 Å². The van der Waals surface area contributed by atoms with E-state index in [0.29, 0.717) is 28.5 Å². The number of hydrogen-bond acceptors (Lipinski definition) is 6. The van der Waals surface area contributed by atoms with Crippen LogP contribution in [0.4, 0.5) is 5.69 Å². The molecule has 0 saturated heterocycles. The standard InChI is InChI=1S/C31H36ClN3O6S/c1-4-22(3)33-31(37)27(17-23-10-7-6-8-11-23)34(19-24-12-9-13-25(32)16-24)30(36)20-35(42(38,39)5-2)26-14-15-28-29(18-26)41-21-40-28/h6-16,18,22,27H,4-5,17,19-21H2,1-3H3,(H,33,37)/t22-,27-/m0/s1. The summed E-state index contributed by atoms with van der Waals surface area (Å²) in [6, 6.07) is 20.1. The molecule has 0 spiro atoms. The molecule has 4 rings (SSSR count). The van der Waals surface area contributed by atoms with Crippen molar-refractivity contribution in [2.75, 3.05) is 23.4 Å². The minimum Gasteiger partial charge on any atom is -0.454 e. The van der Waals surface area contributed by atoms with E-state index in [1.54, 1.807) is 36.4 Å². The second-order valence-electron chi connectivity index (χ2n) is 10.1. The quantitative estimate of drug-likeness (QED) is 0.298. The third kappa shape index (κ3) is 7.74. The van der Waals surface area contributed by atoms with E-state index in [4.69, 9.17) is 21.1 Å². The summed E-state index contributed by atoms with van der Waals surface area (Å²) in [5.74, 6) is -0.208. The summed E-state index contributed by atoms with van der Waals surface area (Å²) in [5, 5.41) is 3.50. The molecule has 42 heavy (non-hydrogen) atoms. The van der Waals surface area contributed by atoms with Crippen LogP contribution in [-0.4, -0.2) is 56.3 Å². The molecule has 0 unspecified atom stereocenters. The van der Waals surface area contributed by atoms with Gasteiger partial charge < -0.3 is 19.7 Å². The van der Waals surface area contributed by atoms with Gasteiger partial charge in [-0.1, -0.05) is 61.0 Å². The van der Waals surface area contributed by atoms with Crippen molar-refractivity contribution in [2.45, 2.75) is 52.2 Å². The normalized spacial score (nSPS) is 13.7. The summed E-state index contributed by atoms with van der Waals surface area (Å²) in [6.45, 7) is 4.93. The number of halogens is 1. The van der Waals surface area contributed by atoms with E-state index in [-0.39, 0.29) is 43.1 Å². The van der Waals surface area contributed by atoms with Crippen LogP contribution in [0.1, 0.15) is 38.3 Å². The van der Waals surface area contributed by atoms with E-state index in [2.05, 4.69) is 5.32 Å². The van der Waals surface area contributed by atoms with E-state index < -0.39 is 28.5 Å². The summed E-state index contributed by atoms with van der Waals surface area (Å²) in [4.78, 5) is 29.5. The molecule has 0 saturated carbocycles. The number of fused-ring (bicyclic) bond motifs is 1. The average Bonchev–Trinajstić information content (AvgIpc) is 3.46. The Bertz CT molecular complexity index is 1500. The molecule has 0 radical (unpaired) electrons. The predicted molar refractivity (Wildman–Crippen MR) is 163 cm³/mol. The number of nitrogens with one attached hydrogen (secondary N) is 1. The Kier molecular flexibility index (Phi) is 10.3. The van der Waals surface area contributed by atoms with Crippen molar-refractivity contribution in [3.63, 3.8) is 0 Å². The van der Waals surface area contributed by atoms with Crippen LogP contribution in [0.25, 0.3) is 0 Å². The molecule has 2 atom stereocenters. The number of anilines is 1. The Labute approximate surface area is 252 Å². The highest BCUT2D eigenvalue weighted by molar-refractivity contribution is 7.92. The third-order valence-corrected chi connectivity index (χ3v) is 9.11.